The largest absolute Gasteiger partial charge is 0.383 e. The molecule has 0 amide bonds. The van der Waals surface area contributed by atoms with E-state index in [1.165, 1.54) is 27.5 Å². The van der Waals surface area contributed by atoms with Gasteiger partial charge in [-0.1, -0.05) is 0 Å². The van der Waals surface area contributed by atoms with Gasteiger partial charge >= 0.3 is 0 Å². The second-order valence-electron chi connectivity index (χ2n) is 5.39. The lowest BCUT2D eigenvalue weighted by atomic mass is 10.1. The minimum absolute atomic E-state index is 0.490. The first-order valence-corrected chi connectivity index (χ1v) is 8.09. The van der Waals surface area contributed by atoms with Gasteiger partial charge in [0.05, 0.1) is 18.2 Å². The highest BCUT2D eigenvalue weighted by molar-refractivity contribution is 14.1. The van der Waals surface area contributed by atoms with Crippen molar-refractivity contribution in [2.45, 2.75) is 25.8 Å². The van der Waals surface area contributed by atoms with Crippen molar-refractivity contribution >= 4 is 39.2 Å². The maximum Gasteiger partial charge on any atom is 0.0736 e. The van der Waals surface area contributed by atoms with E-state index in [1.54, 1.807) is 7.11 Å². The molecule has 2 aromatic rings. The molecular formula is C16H19IN2O. The number of pyridine rings is 1. The highest BCUT2D eigenvalue weighted by Gasteiger charge is 2.26. The van der Waals surface area contributed by atoms with Crippen LogP contribution < -0.4 is 4.90 Å². The summed E-state index contributed by atoms with van der Waals surface area (Å²) in [6.45, 7) is 3.98. The fourth-order valence-electron chi connectivity index (χ4n) is 3.07. The minimum Gasteiger partial charge on any atom is -0.383 e. The summed E-state index contributed by atoms with van der Waals surface area (Å²) in [5.74, 6) is 0. The van der Waals surface area contributed by atoms with Crippen molar-refractivity contribution < 1.29 is 4.74 Å². The first-order valence-electron chi connectivity index (χ1n) is 7.01. The molecule has 0 spiro atoms. The van der Waals surface area contributed by atoms with Crippen LogP contribution in [0, 0.1) is 10.5 Å². The number of halogens is 1. The van der Waals surface area contributed by atoms with Gasteiger partial charge in [0, 0.05) is 34.0 Å². The van der Waals surface area contributed by atoms with Crippen LogP contribution in [0.25, 0.3) is 10.9 Å². The predicted molar refractivity (Wildman–Crippen MR) is 91.4 cm³/mol. The van der Waals surface area contributed by atoms with E-state index in [4.69, 9.17) is 4.74 Å². The summed E-state index contributed by atoms with van der Waals surface area (Å²) in [4.78, 5) is 7.17. The number of benzene rings is 1. The Morgan fingerprint density at radius 3 is 3.05 bits per heavy atom. The monoisotopic (exact) mass is 382 g/mol. The standard InChI is InChI=1S/C16H19IN2O/c1-11-8-16(19-7-3-4-13(19)10-20-2)14-6-5-12(17)9-15(14)18-11/h5-6,8-9,13H,3-4,7,10H2,1-2H3/t13-/m0/s1. The van der Waals surface area contributed by atoms with Gasteiger partial charge in [-0.2, -0.15) is 0 Å². The Morgan fingerprint density at radius 2 is 2.25 bits per heavy atom. The van der Waals surface area contributed by atoms with Crippen molar-refractivity contribution in [2.24, 2.45) is 0 Å². The molecule has 4 heteroatoms. The van der Waals surface area contributed by atoms with Crippen LogP contribution in [0.4, 0.5) is 5.69 Å². The number of nitrogens with zero attached hydrogens (tertiary/aromatic N) is 2. The fraction of sp³-hybridized carbons (Fsp3) is 0.438. The number of aryl methyl sites for hydroxylation is 1. The molecule has 0 unspecified atom stereocenters. The normalized spacial score (nSPS) is 18.9. The summed E-state index contributed by atoms with van der Waals surface area (Å²) < 4.78 is 6.61. The number of fused-ring (bicyclic) bond motifs is 1. The summed E-state index contributed by atoms with van der Waals surface area (Å²) in [7, 11) is 1.79. The fourth-order valence-corrected chi connectivity index (χ4v) is 3.54. The average Bonchev–Trinajstić information content (AvgIpc) is 2.85. The van der Waals surface area contributed by atoms with Crippen molar-refractivity contribution in [1.29, 1.82) is 0 Å². The first-order chi connectivity index (χ1) is 9.69. The van der Waals surface area contributed by atoms with Crippen LogP contribution in [0.2, 0.25) is 0 Å². The minimum atomic E-state index is 0.490. The van der Waals surface area contributed by atoms with Crippen molar-refractivity contribution in [2.75, 3.05) is 25.2 Å². The van der Waals surface area contributed by atoms with Crippen LogP contribution in [0.5, 0.6) is 0 Å². The zero-order valence-electron chi connectivity index (χ0n) is 11.9. The molecule has 0 bridgehead atoms. The third kappa shape index (κ3) is 2.63. The molecule has 1 aromatic carbocycles. The van der Waals surface area contributed by atoms with Gasteiger partial charge in [-0.3, -0.25) is 4.98 Å². The van der Waals surface area contributed by atoms with Crippen molar-refractivity contribution in [3.05, 3.63) is 33.5 Å². The first kappa shape index (κ1) is 14.1. The molecule has 0 N–H and O–H groups in total. The van der Waals surface area contributed by atoms with Gasteiger partial charge in [0.25, 0.3) is 0 Å². The molecule has 1 aliphatic rings. The number of methoxy groups -OCH3 is 1. The van der Waals surface area contributed by atoms with Crippen LogP contribution in [0.15, 0.2) is 24.3 Å². The summed E-state index contributed by atoms with van der Waals surface area (Å²) >= 11 is 2.34. The summed E-state index contributed by atoms with van der Waals surface area (Å²) in [6, 6.07) is 9.22. The van der Waals surface area contributed by atoms with Crippen LogP contribution in [-0.4, -0.2) is 31.3 Å². The van der Waals surface area contributed by atoms with E-state index in [9.17, 15) is 0 Å². The highest BCUT2D eigenvalue weighted by atomic mass is 127. The van der Waals surface area contributed by atoms with Gasteiger partial charge in [-0.25, -0.2) is 0 Å². The Balaban J connectivity index is 2.10. The van der Waals surface area contributed by atoms with E-state index in [0.717, 1.165) is 24.4 Å². The zero-order valence-corrected chi connectivity index (χ0v) is 14.1. The molecular weight excluding hydrogens is 363 g/mol. The van der Waals surface area contributed by atoms with Gasteiger partial charge in [0.2, 0.25) is 0 Å². The Morgan fingerprint density at radius 1 is 1.40 bits per heavy atom. The van der Waals surface area contributed by atoms with Crippen molar-refractivity contribution in [3.63, 3.8) is 0 Å². The Hall–Kier alpha value is -0.880. The molecule has 3 rings (SSSR count). The average molecular weight is 382 g/mol. The third-order valence-electron chi connectivity index (χ3n) is 3.92. The van der Waals surface area contributed by atoms with Gasteiger partial charge < -0.3 is 9.64 Å². The van der Waals surface area contributed by atoms with Crippen LogP contribution in [0.1, 0.15) is 18.5 Å². The predicted octanol–water partition coefficient (Wildman–Crippen LogP) is 3.76. The third-order valence-corrected chi connectivity index (χ3v) is 4.59. The van der Waals surface area contributed by atoms with Gasteiger partial charge in [-0.05, 0) is 66.6 Å². The van der Waals surface area contributed by atoms with Gasteiger partial charge in [-0.15, -0.1) is 0 Å². The topological polar surface area (TPSA) is 25.4 Å². The lowest BCUT2D eigenvalue weighted by Gasteiger charge is -2.27. The molecule has 1 aromatic heterocycles. The van der Waals surface area contributed by atoms with E-state index >= 15 is 0 Å². The molecule has 0 saturated carbocycles. The lowest BCUT2D eigenvalue weighted by molar-refractivity contribution is 0.181. The molecule has 1 atom stereocenters. The molecule has 1 fully saturated rings. The molecule has 1 aliphatic heterocycles. The molecule has 106 valence electrons. The Labute approximate surface area is 133 Å². The van der Waals surface area contributed by atoms with E-state index in [-0.39, 0.29) is 0 Å². The van der Waals surface area contributed by atoms with Crippen molar-refractivity contribution in [3.8, 4) is 0 Å². The number of hydrogen-bond acceptors (Lipinski definition) is 3. The number of ether oxygens (including phenoxy) is 1. The quantitative estimate of drug-likeness (QED) is 0.756. The number of rotatable bonds is 3. The van der Waals surface area contributed by atoms with E-state index in [0.29, 0.717) is 6.04 Å². The molecule has 20 heavy (non-hydrogen) atoms. The second kappa shape index (κ2) is 5.85. The molecule has 1 saturated heterocycles. The van der Waals surface area contributed by atoms with Crippen LogP contribution in [0.3, 0.4) is 0 Å². The maximum absolute atomic E-state index is 5.38. The number of anilines is 1. The van der Waals surface area contributed by atoms with Crippen LogP contribution in [-0.2, 0) is 4.74 Å². The lowest BCUT2D eigenvalue weighted by Crippen LogP contribution is -2.33. The van der Waals surface area contributed by atoms with E-state index in [2.05, 4.69) is 63.7 Å². The maximum atomic E-state index is 5.38. The molecule has 0 aliphatic carbocycles. The molecule has 3 nitrogen and oxygen atoms in total. The Kier molecular flexibility index (Phi) is 4.12. The number of hydrogen-bond donors (Lipinski definition) is 0. The van der Waals surface area contributed by atoms with Gasteiger partial charge in [0.15, 0.2) is 0 Å². The summed E-state index contributed by atoms with van der Waals surface area (Å²) in [5, 5.41) is 1.25. The molecule has 2 heterocycles. The van der Waals surface area contributed by atoms with Gasteiger partial charge in [0.1, 0.15) is 0 Å². The highest BCUT2D eigenvalue weighted by Crippen LogP contribution is 2.33. The number of aromatic nitrogens is 1. The van der Waals surface area contributed by atoms with Crippen LogP contribution >= 0.6 is 22.6 Å². The zero-order chi connectivity index (χ0) is 14.1. The summed E-state index contributed by atoms with van der Waals surface area (Å²) in [5.41, 5.74) is 3.48. The van der Waals surface area contributed by atoms with Crippen molar-refractivity contribution in [1.82, 2.24) is 4.98 Å². The van der Waals surface area contributed by atoms with E-state index < -0.39 is 0 Å². The second-order valence-corrected chi connectivity index (χ2v) is 6.63. The smallest absolute Gasteiger partial charge is 0.0736 e. The summed E-state index contributed by atoms with van der Waals surface area (Å²) in [6.07, 6.45) is 2.45. The van der Waals surface area contributed by atoms with E-state index in [1.807, 2.05) is 0 Å². The molecule has 0 radical (unpaired) electrons. The Bertz CT molecular complexity index is 624. The SMILES string of the molecule is COC[C@@H]1CCCN1c1cc(C)nc2cc(I)ccc12.